The molecule has 3 saturated heterocycles. The minimum Gasteiger partial charge on any atom is -0.461 e. The number of carbonyl (C=O) groups excluding carboxylic acids is 3. The highest BCUT2D eigenvalue weighted by atomic mass is 16.6. The van der Waals surface area contributed by atoms with Gasteiger partial charge < -0.3 is 24.4 Å². The maximum Gasteiger partial charge on any atom is 0.312 e. The molecule has 0 saturated carbocycles. The Hall–Kier alpha value is -2.97. The lowest BCUT2D eigenvalue weighted by molar-refractivity contribution is -0.155. The van der Waals surface area contributed by atoms with Crippen molar-refractivity contribution in [2.75, 3.05) is 26.3 Å². The van der Waals surface area contributed by atoms with E-state index in [0.29, 0.717) is 32.4 Å². The molecule has 1 N–H and O–H groups in total. The standard InChI is InChI=1S/C30H40N2O6/c1-4-7-11-17-31(16-5-2)28(35)26-30-15-14-23(38-30)24(29(36)37-18-6-3)25(30)27(34)32(26)22(20-33)19-21-12-9-8-10-13-21/h5-6,8-10,12-13,22-26,33H,2-4,7,11,14-20H2,1H3/t22-,23-,24+,25+,26?,30?/m1/s1. The second kappa shape index (κ2) is 12.3. The van der Waals surface area contributed by atoms with Gasteiger partial charge in [-0.2, -0.15) is 0 Å². The Morgan fingerprint density at radius 2 is 2.03 bits per heavy atom. The van der Waals surface area contributed by atoms with E-state index in [9.17, 15) is 19.5 Å². The number of esters is 1. The summed E-state index contributed by atoms with van der Waals surface area (Å²) in [5.74, 6) is -2.67. The molecule has 6 atom stereocenters. The zero-order valence-electron chi connectivity index (χ0n) is 22.3. The molecule has 2 bridgehead atoms. The van der Waals surface area contributed by atoms with Gasteiger partial charge in [-0.25, -0.2) is 0 Å². The molecule has 2 unspecified atom stereocenters. The summed E-state index contributed by atoms with van der Waals surface area (Å²) in [6.07, 6.45) is 6.96. The summed E-state index contributed by atoms with van der Waals surface area (Å²) in [5, 5.41) is 10.5. The van der Waals surface area contributed by atoms with Crippen molar-refractivity contribution in [1.29, 1.82) is 0 Å². The molecular weight excluding hydrogens is 484 g/mol. The quantitative estimate of drug-likeness (QED) is 0.228. The van der Waals surface area contributed by atoms with Crippen LogP contribution in [-0.2, 0) is 30.3 Å². The molecule has 1 aromatic rings. The molecule has 1 aromatic carbocycles. The highest BCUT2D eigenvalue weighted by Gasteiger charge is 2.75. The van der Waals surface area contributed by atoms with Crippen molar-refractivity contribution in [2.24, 2.45) is 11.8 Å². The SMILES string of the molecule is C=CCOC(=O)[C@@H]1[C@H]2C(=O)N([C@@H](CO)Cc3ccccc3)C(C(=O)N(CC=C)CCCCC)C23CC[C@H]1O3. The Morgan fingerprint density at radius 3 is 2.68 bits per heavy atom. The summed E-state index contributed by atoms with van der Waals surface area (Å²) in [6.45, 7) is 10.2. The van der Waals surface area contributed by atoms with Crippen LogP contribution in [0.15, 0.2) is 55.6 Å². The molecule has 0 aliphatic carbocycles. The molecule has 38 heavy (non-hydrogen) atoms. The minimum absolute atomic E-state index is 0.0415. The number of hydrogen-bond acceptors (Lipinski definition) is 6. The average molecular weight is 525 g/mol. The number of nitrogens with zero attached hydrogens (tertiary/aromatic N) is 2. The normalized spacial score (nSPS) is 28.2. The number of amides is 2. The summed E-state index contributed by atoms with van der Waals surface area (Å²) >= 11 is 0. The zero-order chi connectivity index (χ0) is 27.3. The molecule has 206 valence electrons. The molecule has 3 heterocycles. The fraction of sp³-hybridized carbons (Fsp3) is 0.567. The predicted octanol–water partition coefficient (Wildman–Crippen LogP) is 2.90. The van der Waals surface area contributed by atoms with Gasteiger partial charge in [-0.1, -0.05) is 68.8 Å². The summed E-state index contributed by atoms with van der Waals surface area (Å²) in [7, 11) is 0. The number of benzene rings is 1. The number of aliphatic hydroxyl groups excluding tert-OH is 1. The Labute approximate surface area is 225 Å². The molecule has 0 aromatic heterocycles. The number of unbranched alkanes of at least 4 members (excludes halogenated alkanes) is 2. The fourth-order valence-electron chi connectivity index (χ4n) is 6.58. The third kappa shape index (κ3) is 5.04. The highest BCUT2D eigenvalue weighted by Crippen LogP contribution is 2.59. The molecule has 0 radical (unpaired) electrons. The topological polar surface area (TPSA) is 96.4 Å². The van der Waals surface area contributed by atoms with Crippen LogP contribution in [0.4, 0.5) is 0 Å². The van der Waals surface area contributed by atoms with Crippen LogP contribution in [-0.4, -0.2) is 82.8 Å². The fourth-order valence-corrected chi connectivity index (χ4v) is 6.58. The second-order valence-electron chi connectivity index (χ2n) is 10.5. The van der Waals surface area contributed by atoms with E-state index in [1.807, 2.05) is 30.3 Å². The summed E-state index contributed by atoms with van der Waals surface area (Å²) in [6, 6.07) is 8.00. The molecule has 3 aliphatic heterocycles. The smallest absolute Gasteiger partial charge is 0.312 e. The Kier molecular flexibility index (Phi) is 9.05. The molecule has 3 fully saturated rings. The number of rotatable bonds is 14. The van der Waals surface area contributed by atoms with Crippen molar-refractivity contribution in [2.45, 2.75) is 69.2 Å². The van der Waals surface area contributed by atoms with Crippen LogP contribution in [0.1, 0.15) is 44.6 Å². The zero-order valence-corrected chi connectivity index (χ0v) is 22.3. The number of hydrogen-bond donors (Lipinski definition) is 1. The first-order valence-corrected chi connectivity index (χ1v) is 13.7. The van der Waals surface area contributed by atoms with E-state index in [-0.39, 0.29) is 25.0 Å². The van der Waals surface area contributed by atoms with Crippen molar-refractivity contribution in [3.05, 3.63) is 61.2 Å². The van der Waals surface area contributed by atoms with Crippen molar-refractivity contribution in [1.82, 2.24) is 9.80 Å². The van der Waals surface area contributed by atoms with E-state index in [1.165, 1.54) is 11.0 Å². The van der Waals surface area contributed by atoms with E-state index in [0.717, 1.165) is 24.8 Å². The third-order valence-electron chi connectivity index (χ3n) is 8.20. The Balaban J connectivity index is 1.74. The van der Waals surface area contributed by atoms with Gasteiger partial charge in [0.1, 0.15) is 18.2 Å². The van der Waals surface area contributed by atoms with E-state index < -0.39 is 41.6 Å². The lowest BCUT2D eigenvalue weighted by Gasteiger charge is -2.39. The number of fused-ring (bicyclic) bond motifs is 1. The molecule has 1 spiro atoms. The molecule has 3 aliphatic rings. The van der Waals surface area contributed by atoms with Crippen molar-refractivity contribution >= 4 is 17.8 Å². The van der Waals surface area contributed by atoms with E-state index in [4.69, 9.17) is 9.47 Å². The minimum atomic E-state index is -1.13. The first-order valence-electron chi connectivity index (χ1n) is 13.7. The first kappa shape index (κ1) is 28.0. The van der Waals surface area contributed by atoms with Crippen LogP contribution in [0, 0.1) is 11.8 Å². The van der Waals surface area contributed by atoms with Gasteiger partial charge in [0.15, 0.2) is 0 Å². The van der Waals surface area contributed by atoms with Crippen LogP contribution in [0.25, 0.3) is 0 Å². The van der Waals surface area contributed by atoms with Crippen LogP contribution in [0.2, 0.25) is 0 Å². The van der Waals surface area contributed by atoms with Gasteiger partial charge >= 0.3 is 5.97 Å². The van der Waals surface area contributed by atoms with Gasteiger partial charge in [0, 0.05) is 13.1 Å². The van der Waals surface area contributed by atoms with E-state index in [2.05, 4.69) is 20.1 Å². The number of aliphatic hydroxyl groups is 1. The Bertz CT molecular complexity index is 1030. The molecule has 8 heteroatoms. The maximum atomic E-state index is 14.3. The van der Waals surface area contributed by atoms with Crippen LogP contribution in [0.5, 0.6) is 0 Å². The van der Waals surface area contributed by atoms with Crippen molar-refractivity contribution in [3.63, 3.8) is 0 Å². The van der Waals surface area contributed by atoms with Crippen LogP contribution in [0.3, 0.4) is 0 Å². The first-order chi connectivity index (χ1) is 18.4. The largest absolute Gasteiger partial charge is 0.461 e. The lowest BCUT2D eigenvalue weighted by Crippen LogP contribution is -2.59. The monoisotopic (exact) mass is 524 g/mol. The highest BCUT2D eigenvalue weighted by molar-refractivity contribution is 5.98. The molecular formula is C30H40N2O6. The van der Waals surface area contributed by atoms with Gasteiger partial charge in [0.2, 0.25) is 11.8 Å². The van der Waals surface area contributed by atoms with E-state index >= 15 is 0 Å². The lowest BCUT2D eigenvalue weighted by atomic mass is 9.70. The number of likely N-dealkylation sites (tertiary alicyclic amines) is 1. The van der Waals surface area contributed by atoms with Gasteiger partial charge in [-0.05, 0) is 31.2 Å². The van der Waals surface area contributed by atoms with Gasteiger partial charge in [0.05, 0.1) is 30.6 Å². The van der Waals surface area contributed by atoms with Gasteiger partial charge in [-0.15, -0.1) is 6.58 Å². The third-order valence-corrected chi connectivity index (χ3v) is 8.20. The predicted molar refractivity (Wildman–Crippen MR) is 143 cm³/mol. The molecule has 4 rings (SSSR count). The van der Waals surface area contributed by atoms with Crippen molar-refractivity contribution in [3.8, 4) is 0 Å². The second-order valence-corrected chi connectivity index (χ2v) is 10.5. The molecule has 8 nitrogen and oxygen atoms in total. The van der Waals surface area contributed by atoms with Crippen LogP contribution >= 0.6 is 0 Å². The van der Waals surface area contributed by atoms with Gasteiger partial charge in [-0.3, -0.25) is 14.4 Å². The summed E-state index contributed by atoms with van der Waals surface area (Å²) in [5.41, 5.74) is -0.191. The Morgan fingerprint density at radius 1 is 1.26 bits per heavy atom. The van der Waals surface area contributed by atoms with Gasteiger partial charge in [0.25, 0.3) is 0 Å². The maximum absolute atomic E-state index is 14.3. The van der Waals surface area contributed by atoms with Crippen LogP contribution < -0.4 is 0 Å². The average Bonchev–Trinajstić information content (AvgIpc) is 3.57. The number of ether oxygens (including phenoxy) is 2. The summed E-state index contributed by atoms with van der Waals surface area (Å²) < 4.78 is 11.9. The van der Waals surface area contributed by atoms with E-state index in [1.54, 1.807) is 11.0 Å². The molecule has 2 amide bonds. The summed E-state index contributed by atoms with van der Waals surface area (Å²) in [4.78, 5) is 44.9. The number of carbonyl (C=O) groups is 3. The van der Waals surface area contributed by atoms with Crippen molar-refractivity contribution < 1.29 is 29.0 Å².